The Morgan fingerprint density at radius 1 is 1.35 bits per heavy atom. The van der Waals surface area contributed by atoms with Crippen molar-refractivity contribution in [3.05, 3.63) is 35.4 Å². The van der Waals surface area contributed by atoms with Gasteiger partial charge in [-0.25, -0.2) is 0 Å². The molecular weight excluding hydrogens is 248 g/mol. The van der Waals surface area contributed by atoms with Crippen LogP contribution in [-0.2, 0) is 6.54 Å². The van der Waals surface area contributed by atoms with Gasteiger partial charge in [0.1, 0.15) is 0 Å². The number of rotatable bonds is 7. The Kier molecular flexibility index (Phi) is 6.51. The van der Waals surface area contributed by atoms with Crippen molar-refractivity contribution >= 4 is 0 Å². The molecule has 3 nitrogen and oxygen atoms in total. The van der Waals surface area contributed by atoms with Crippen molar-refractivity contribution < 1.29 is 5.11 Å². The number of hydrogen-bond donors (Lipinski definition) is 3. The number of hydrogen-bond acceptors (Lipinski definition) is 3. The van der Waals surface area contributed by atoms with Crippen molar-refractivity contribution in [3.8, 4) is 0 Å². The molecule has 1 aromatic rings. The van der Waals surface area contributed by atoms with Gasteiger partial charge in [0.05, 0.1) is 0 Å². The Bertz CT molecular complexity index is 388. The van der Waals surface area contributed by atoms with Gasteiger partial charge in [0.25, 0.3) is 0 Å². The fraction of sp³-hybridized carbons (Fsp3) is 0.647. The van der Waals surface area contributed by atoms with Gasteiger partial charge in [-0.1, -0.05) is 37.6 Å². The van der Waals surface area contributed by atoms with E-state index in [0.29, 0.717) is 18.6 Å². The molecule has 0 amide bonds. The molecule has 0 saturated heterocycles. The van der Waals surface area contributed by atoms with E-state index in [9.17, 15) is 0 Å². The second-order valence-corrected chi connectivity index (χ2v) is 5.79. The van der Waals surface area contributed by atoms with E-state index >= 15 is 0 Å². The SMILES string of the molecule is CCCC(CCO)CNC1CCNCc2ccccc21. The predicted molar refractivity (Wildman–Crippen MR) is 83.6 cm³/mol. The molecule has 0 fully saturated rings. The standard InChI is InChI=1S/C17H28N2O/c1-2-5-14(9-11-20)12-19-17-8-10-18-13-15-6-3-4-7-16(15)17/h3-4,6-7,14,17-20H,2,5,8-13H2,1H3. The average Bonchev–Trinajstić information content (AvgIpc) is 2.67. The third-order valence-corrected chi connectivity index (χ3v) is 4.24. The predicted octanol–water partition coefficient (Wildman–Crippen LogP) is 2.61. The number of fused-ring (bicyclic) bond motifs is 1. The van der Waals surface area contributed by atoms with Crippen LogP contribution in [-0.4, -0.2) is 24.8 Å². The molecule has 2 rings (SSSR count). The van der Waals surface area contributed by atoms with Crippen molar-refractivity contribution in [3.63, 3.8) is 0 Å². The van der Waals surface area contributed by atoms with Crippen LogP contribution >= 0.6 is 0 Å². The minimum absolute atomic E-state index is 0.301. The van der Waals surface area contributed by atoms with Gasteiger partial charge in [0.15, 0.2) is 0 Å². The minimum Gasteiger partial charge on any atom is -0.396 e. The summed E-state index contributed by atoms with van der Waals surface area (Å²) >= 11 is 0. The van der Waals surface area contributed by atoms with Crippen molar-refractivity contribution in [2.45, 2.75) is 45.2 Å². The van der Waals surface area contributed by atoms with Gasteiger partial charge in [0, 0.05) is 19.2 Å². The molecule has 20 heavy (non-hydrogen) atoms. The molecule has 0 bridgehead atoms. The van der Waals surface area contributed by atoms with Gasteiger partial charge >= 0.3 is 0 Å². The second kappa shape index (κ2) is 8.40. The molecule has 3 heteroatoms. The number of aliphatic hydroxyl groups is 1. The number of nitrogens with one attached hydrogen (secondary N) is 2. The summed E-state index contributed by atoms with van der Waals surface area (Å²) in [5.74, 6) is 0.591. The van der Waals surface area contributed by atoms with Crippen LogP contribution in [0, 0.1) is 5.92 Å². The maximum Gasteiger partial charge on any atom is 0.0434 e. The summed E-state index contributed by atoms with van der Waals surface area (Å²) in [5.41, 5.74) is 2.86. The lowest BCUT2D eigenvalue weighted by Crippen LogP contribution is -2.29. The Labute approximate surface area is 122 Å². The smallest absolute Gasteiger partial charge is 0.0434 e. The van der Waals surface area contributed by atoms with E-state index in [2.05, 4.69) is 41.8 Å². The molecule has 1 aliphatic rings. The Morgan fingerprint density at radius 3 is 3.00 bits per heavy atom. The van der Waals surface area contributed by atoms with Crippen LogP contribution < -0.4 is 10.6 Å². The molecule has 3 N–H and O–H groups in total. The average molecular weight is 276 g/mol. The van der Waals surface area contributed by atoms with Crippen molar-refractivity contribution in [2.24, 2.45) is 5.92 Å². The molecule has 2 atom stereocenters. The summed E-state index contributed by atoms with van der Waals surface area (Å²) in [6.45, 7) is 5.56. The van der Waals surface area contributed by atoms with Crippen molar-refractivity contribution in [2.75, 3.05) is 19.7 Å². The molecule has 112 valence electrons. The highest BCUT2D eigenvalue weighted by Gasteiger charge is 2.18. The fourth-order valence-corrected chi connectivity index (χ4v) is 3.12. The van der Waals surface area contributed by atoms with Crippen LogP contribution in [0.4, 0.5) is 0 Å². The normalized spacial score (nSPS) is 20.2. The molecule has 1 heterocycles. The van der Waals surface area contributed by atoms with Gasteiger partial charge in [0.2, 0.25) is 0 Å². The highest BCUT2D eigenvalue weighted by Crippen LogP contribution is 2.24. The summed E-state index contributed by atoms with van der Waals surface area (Å²) in [6, 6.07) is 9.17. The van der Waals surface area contributed by atoms with Crippen LogP contribution in [0.2, 0.25) is 0 Å². The first-order valence-corrected chi connectivity index (χ1v) is 7.98. The lowest BCUT2D eigenvalue weighted by molar-refractivity contribution is 0.244. The van der Waals surface area contributed by atoms with Crippen LogP contribution in [0.1, 0.15) is 49.8 Å². The Balaban J connectivity index is 1.97. The lowest BCUT2D eigenvalue weighted by atomic mass is 9.96. The van der Waals surface area contributed by atoms with Gasteiger partial charge in [-0.3, -0.25) is 0 Å². The van der Waals surface area contributed by atoms with Gasteiger partial charge in [-0.2, -0.15) is 0 Å². The quantitative estimate of drug-likeness (QED) is 0.717. The van der Waals surface area contributed by atoms with E-state index in [1.54, 1.807) is 0 Å². The third kappa shape index (κ3) is 4.30. The monoisotopic (exact) mass is 276 g/mol. The van der Waals surface area contributed by atoms with Gasteiger partial charge < -0.3 is 15.7 Å². The van der Waals surface area contributed by atoms with Crippen LogP contribution in [0.15, 0.2) is 24.3 Å². The zero-order valence-electron chi connectivity index (χ0n) is 12.6. The molecular formula is C17H28N2O. The zero-order chi connectivity index (χ0) is 14.2. The summed E-state index contributed by atoms with van der Waals surface area (Å²) < 4.78 is 0. The molecule has 1 aromatic carbocycles. The van der Waals surface area contributed by atoms with E-state index in [4.69, 9.17) is 5.11 Å². The zero-order valence-corrected chi connectivity index (χ0v) is 12.6. The molecule has 0 aromatic heterocycles. The fourth-order valence-electron chi connectivity index (χ4n) is 3.12. The topological polar surface area (TPSA) is 44.3 Å². The summed E-state index contributed by atoms with van der Waals surface area (Å²) in [5, 5.41) is 16.4. The van der Waals surface area contributed by atoms with E-state index in [1.165, 1.54) is 24.0 Å². The Morgan fingerprint density at radius 2 is 2.20 bits per heavy atom. The van der Waals surface area contributed by atoms with E-state index in [-0.39, 0.29) is 0 Å². The van der Waals surface area contributed by atoms with Crippen LogP contribution in [0.3, 0.4) is 0 Å². The highest BCUT2D eigenvalue weighted by molar-refractivity contribution is 5.30. The molecule has 0 aliphatic carbocycles. The van der Waals surface area contributed by atoms with E-state index in [1.807, 2.05) is 0 Å². The second-order valence-electron chi connectivity index (χ2n) is 5.79. The van der Waals surface area contributed by atoms with E-state index in [0.717, 1.165) is 32.5 Å². The Hall–Kier alpha value is -0.900. The highest BCUT2D eigenvalue weighted by atomic mass is 16.3. The summed E-state index contributed by atoms with van der Waals surface area (Å²) in [6.07, 6.45) is 4.43. The molecule has 0 spiro atoms. The summed E-state index contributed by atoms with van der Waals surface area (Å²) in [7, 11) is 0. The maximum absolute atomic E-state index is 9.17. The third-order valence-electron chi connectivity index (χ3n) is 4.24. The maximum atomic E-state index is 9.17. The van der Waals surface area contributed by atoms with Crippen LogP contribution in [0.5, 0.6) is 0 Å². The molecule has 1 aliphatic heterocycles. The molecule has 0 saturated carbocycles. The lowest BCUT2D eigenvalue weighted by Gasteiger charge is -2.23. The van der Waals surface area contributed by atoms with Gasteiger partial charge in [-0.15, -0.1) is 0 Å². The number of benzene rings is 1. The van der Waals surface area contributed by atoms with E-state index < -0.39 is 0 Å². The number of aliphatic hydroxyl groups excluding tert-OH is 1. The first-order valence-electron chi connectivity index (χ1n) is 7.98. The largest absolute Gasteiger partial charge is 0.396 e. The van der Waals surface area contributed by atoms with Crippen LogP contribution in [0.25, 0.3) is 0 Å². The van der Waals surface area contributed by atoms with Gasteiger partial charge in [-0.05, 0) is 49.4 Å². The van der Waals surface area contributed by atoms with Crippen molar-refractivity contribution in [1.82, 2.24) is 10.6 Å². The molecule has 2 unspecified atom stereocenters. The first-order chi connectivity index (χ1) is 9.85. The molecule has 0 radical (unpaired) electrons. The first kappa shape index (κ1) is 15.5. The summed E-state index contributed by atoms with van der Waals surface area (Å²) in [4.78, 5) is 0. The van der Waals surface area contributed by atoms with Crippen molar-refractivity contribution in [1.29, 1.82) is 0 Å². The minimum atomic E-state index is 0.301.